The second-order valence-corrected chi connectivity index (χ2v) is 3.76. The highest BCUT2D eigenvalue weighted by atomic mass is 16.4. The Labute approximate surface area is 91.9 Å². The van der Waals surface area contributed by atoms with Crippen LogP contribution in [0.4, 0.5) is 0 Å². The molecule has 5 heteroatoms. The maximum atomic E-state index is 11.0. The van der Waals surface area contributed by atoms with E-state index >= 15 is 0 Å². The molecule has 3 N–H and O–H groups in total. The lowest BCUT2D eigenvalue weighted by Crippen LogP contribution is -2.43. The van der Waals surface area contributed by atoms with Crippen LogP contribution in [-0.4, -0.2) is 21.0 Å². The highest BCUT2D eigenvalue weighted by Crippen LogP contribution is 2.17. The van der Waals surface area contributed by atoms with E-state index in [1.807, 2.05) is 18.2 Å². The van der Waals surface area contributed by atoms with Crippen molar-refractivity contribution >= 4 is 16.9 Å². The first-order chi connectivity index (χ1) is 7.51. The van der Waals surface area contributed by atoms with Gasteiger partial charge in [-0.15, -0.1) is 0 Å². The molecule has 0 fully saturated rings. The summed E-state index contributed by atoms with van der Waals surface area (Å²) in [6.45, 7) is 1.37. The lowest BCUT2D eigenvalue weighted by molar-refractivity contribution is -0.143. The number of aromatic nitrogens is 2. The van der Waals surface area contributed by atoms with Crippen LogP contribution in [0.2, 0.25) is 0 Å². The number of nitrogens with two attached hydrogens (primary N) is 1. The lowest BCUT2D eigenvalue weighted by Gasteiger charge is -2.17. The number of hydrogen-bond acceptors (Lipinski definition) is 4. The number of benzene rings is 1. The molecule has 0 radical (unpaired) electrons. The third kappa shape index (κ3) is 1.61. The van der Waals surface area contributed by atoms with Crippen LogP contribution in [0.1, 0.15) is 12.7 Å². The Kier molecular flexibility index (Phi) is 2.32. The molecule has 1 heterocycles. The summed E-state index contributed by atoms with van der Waals surface area (Å²) in [6, 6.07) is 7.34. The molecule has 2 aromatic rings. The Hall–Kier alpha value is -2.01. The topological polar surface area (TPSA) is 89.1 Å². The zero-order valence-corrected chi connectivity index (χ0v) is 8.71. The molecule has 0 bridgehead atoms. The third-order valence-electron chi connectivity index (χ3n) is 2.40. The summed E-state index contributed by atoms with van der Waals surface area (Å²) in [5, 5.41) is 9.82. The molecule has 2 rings (SSSR count). The summed E-state index contributed by atoms with van der Waals surface area (Å²) >= 11 is 0. The molecule has 16 heavy (non-hydrogen) atoms. The number of aliphatic carboxylic acids is 1. The maximum absolute atomic E-state index is 11.0. The van der Waals surface area contributed by atoms with Crippen molar-refractivity contribution in [2.45, 2.75) is 12.5 Å². The number of nitrogens with zero attached hydrogens (tertiary/aromatic N) is 2. The van der Waals surface area contributed by atoms with Gasteiger partial charge in [-0.1, -0.05) is 18.2 Å². The van der Waals surface area contributed by atoms with E-state index in [1.165, 1.54) is 6.92 Å². The van der Waals surface area contributed by atoms with Crippen LogP contribution >= 0.6 is 0 Å². The van der Waals surface area contributed by atoms with Crippen LogP contribution < -0.4 is 5.73 Å². The average molecular weight is 217 g/mol. The number of rotatable bonds is 2. The van der Waals surface area contributed by atoms with Crippen molar-refractivity contribution in [2.75, 3.05) is 0 Å². The van der Waals surface area contributed by atoms with Gasteiger partial charge in [-0.3, -0.25) is 0 Å². The minimum atomic E-state index is -1.57. The molecule has 1 unspecified atom stereocenters. The maximum Gasteiger partial charge on any atom is 0.331 e. The predicted octanol–water partition coefficient (Wildman–Crippen LogP) is 0.888. The minimum absolute atomic E-state index is 0.110. The number of carboxylic acid groups (broad SMARTS) is 1. The van der Waals surface area contributed by atoms with E-state index in [0.29, 0.717) is 5.52 Å². The molecule has 0 aliphatic heterocycles. The van der Waals surface area contributed by atoms with E-state index in [-0.39, 0.29) is 5.82 Å². The molecule has 0 spiro atoms. The number of carbonyl (C=O) groups is 1. The summed E-state index contributed by atoms with van der Waals surface area (Å²) in [5.74, 6) is -1.04. The fourth-order valence-electron chi connectivity index (χ4n) is 1.32. The first-order valence-corrected chi connectivity index (χ1v) is 4.76. The standard InChI is InChI=1S/C11H11N3O2/c1-11(12,10(15)16)9-13-6-7-4-2-3-5-8(7)14-9/h2-6H,12H2,1H3,(H,15,16). The number of para-hydroxylation sites is 1. The van der Waals surface area contributed by atoms with Gasteiger partial charge in [-0.2, -0.15) is 0 Å². The van der Waals surface area contributed by atoms with Crippen LogP contribution in [0.3, 0.4) is 0 Å². The SMILES string of the molecule is CC(N)(C(=O)O)c1ncc2ccccc2n1. The van der Waals surface area contributed by atoms with Gasteiger partial charge in [0, 0.05) is 11.6 Å². The van der Waals surface area contributed by atoms with Crippen molar-refractivity contribution in [3.63, 3.8) is 0 Å². The average Bonchev–Trinajstić information content (AvgIpc) is 2.28. The Bertz CT molecular complexity index is 552. The molecular weight excluding hydrogens is 206 g/mol. The van der Waals surface area contributed by atoms with Crippen molar-refractivity contribution < 1.29 is 9.90 Å². The molecule has 0 amide bonds. The van der Waals surface area contributed by atoms with E-state index in [1.54, 1.807) is 12.3 Å². The van der Waals surface area contributed by atoms with Gasteiger partial charge >= 0.3 is 5.97 Å². The first-order valence-electron chi connectivity index (χ1n) is 4.76. The number of fused-ring (bicyclic) bond motifs is 1. The van der Waals surface area contributed by atoms with Gasteiger partial charge in [-0.05, 0) is 13.0 Å². The van der Waals surface area contributed by atoms with Crippen LogP contribution in [0.5, 0.6) is 0 Å². The van der Waals surface area contributed by atoms with E-state index < -0.39 is 11.5 Å². The fourth-order valence-corrected chi connectivity index (χ4v) is 1.32. The molecule has 1 aromatic carbocycles. The zero-order chi connectivity index (χ0) is 11.8. The quantitative estimate of drug-likeness (QED) is 0.779. The third-order valence-corrected chi connectivity index (χ3v) is 2.40. The molecular formula is C11H11N3O2. The fraction of sp³-hybridized carbons (Fsp3) is 0.182. The van der Waals surface area contributed by atoms with Crippen molar-refractivity contribution in [2.24, 2.45) is 5.73 Å². The Morgan fingerprint density at radius 1 is 1.44 bits per heavy atom. The highest BCUT2D eigenvalue weighted by Gasteiger charge is 2.33. The smallest absolute Gasteiger partial charge is 0.331 e. The van der Waals surface area contributed by atoms with E-state index in [2.05, 4.69) is 9.97 Å². The van der Waals surface area contributed by atoms with Crippen LogP contribution in [-0.2, 0) is 10.3 Å². The largest absolute Gasteiger partial charge is 0.480 e. The Morgan fingerprint density at radius 2 is 2.12 bits per heavy atom. The highest BCUT2D eigenvalue weighted by molar-refractivity contribution is 5.81. The summed E-state index contributed by atoms with van der Waals surface area (Å²) in [6.07, 6.45) is 1.58. The molecule has 0 saturated heterocycles. The molecule has 0 saturated carbocycles. The second kappa shape index (κ2) is 3.53. The van der Waals surface area contributed by atoms with Crippen LogP contribution in [0.15, 0.2) is 30.5 Å². The molecule has 5 nitrogen and oxygen atoms in total. The molecule has 82 valence electrons. The zero-order valence-electron chi connectivity index (χ0n) is 8.71. The van der Waals surface area contributed by atoms with Gasteiger partial charge in [0.15, 0.2) is 11.4 Å². The van der Waals surface area contributed by atoms with E-state index in [9.17, 15) is 4.79 Å². The number of hydrogen-bond donors (Lipinski definition) is 2. The van der Waals surface area contributed by atoms with Crippen LogP contribution in [0.25, 0.3) is 10.9 Å². The van der Waals surface area contributed by atoms with Crippen molar-refractivity contribution in [3.05, 3.63) is 36.3 Å². The van der Waals surface area contributed by atoms with E-state index in [4.69, 9.17) is 10.8 Å². The molecule has 0 aliphatic carbocycles. The number of carboxylic acids is 1. The van der Waals surface area contributed by atoms with Crippen molar-refractivity contribution in [1.82, 2.24) is 9.97 Å². The first kappa shape index (κ1) is 10.5. The van der Waals surface area contributed by atoms with Crippen molar-refractivity contribution in [3.8, 4) is 0 Å². The van der Waals surface area contributed by atoms with Gasteiger partial charge in [0.1, 0.15) is 0 Å². The van der Waals surface area contributed by atoms with Gasteiger partial charge in [0.2, 0.25) is 0 Å². The molecule has 1 aromatic heterocycles. The Balaban J connectivity index is 2.59. The van der Waals surface area contributed by atoms with Gasteiger partial charge in [-0.25, -0.2) is 14.8 Å². The molecule has 0 aliphatic rings. The van der Waals surface area contributed by atoms with Crippen LogP contribution in [0, 0.1) is 0 Å². The summed E-state index contributed by atoms with van der Waals surface area (Å²) in [5.41, 5.74) is 4.77. The van der Waals surface area contributed by atoms with Crippen molar-refractivity contribution in [1.29, 1.82) is 0 Å². The molecule has 1 atom stereocenters. The van der Waals surface area contributed by atoms with Gasteiger partial charge in [0.05, 0.1) is 5.52 Å². The Morgan fingerprint density at radius 3 is 2.81 bits per heavy atom. The summed E-state index contributed by atoms with van der Waals surface area (Å²) in [7, 11) is 0. The lowest BCUT2D eigenvalue weighted by atomic mass is 10.0. The van der Waals surface area contributed by atoms with Gasteiger partial charge in [0.25, 0.3) is 0 Å². The van der Waals surface area contributed by atoms with E-state index in [0.717, 1.165) is 5.39 Å². The summed E-state index contributed by atoms with van der Waals surface area (Å²) in [4.78, 5) is 19.1. The second-order valence-electron chi connectivity index (χ2n) is 3.76. The predicted molar refractivity (Wildman–Crippen MR) is 58.7 cm³/mol. The van der Waals surface area contributed by atoms with Gasteiger partial charge < -0.3 is 10.8 Å². The minimum Gasteiger partial charge on any atom is -0.480 e. The summed E-state index contributed by atoms with van der Waals surface area (Å²) < 4.78 is 0. The monoisotopic (exact) mass is 217 g/mol. The normalized spacial score (nSPS) is 14.6.